The summed E-state index contributed by atoms with van der Waals surface area (Å²) >= 11 is 0. The van der Waals surface area contributed by atoms with Gasteiger partial charge in [0, 0.05) is 47.0 Å². The van der Waals surface area contributed by atoms with Crippen LogP contribution in [-0.2, 0) is 32.0 Å². The molecule has 1 saturated heterocycles. The first-order valence-electron chi connectivity index (χ1n) is 14.7. The van der Waals surface area contributed by atoms with Crippen molar-refractivity contribution in [3.63, 3.8) is 0 Å². The van der Waals surface area contributed by atoms with E-state index < -0.39 is 35.9 Å². The second kappa shape index (κ2) is 13.1. The number of hydrogen-bond acceptors (Lipinski definition) is 5. The zero-order valence-corrected chi connectivity index (χ0v) is 24.3. The number of carbonyl (C=O) groups excluding carboxylic acids is 3. The maximum absolute atomic E-state index is 13.7. The van der Waals surface area contributed by atoms with Crippen molar-refractivity contribution >= 4 is 45.5 Å². The number of aliphatic carboxylic acids is 1. The van der Waals surface area contributed by atoms with Crippen molar-refractivity contribution in [1.82, 2.24) is 31.2 Å². The third-order valence-corrected chi connectivity index (χ3v) is 8.07. The molecule has 2 aromatic carbocycles. The van der Waals surface area contributed by atoms with Crippen LogP contribution in [0, 0.1) is 5.92 Å². The van der Waals surface area contributed by atoms with E-state index in [1.807, 2.05) is 54.7 Å². The summed E-state index contributed by atoms with van der Waals surface area (Å²) in [5.74, 6) is -2.93. The average molecular weight is 587 g/mol. The molecule has 43 heavy (non-hydrogen) atoms. The lowest BCUT2D eigenvalue weighted by atomic mass is 9.99. The summed E-state index contributed by atoms with van der Waals surface area (Å²) in [7, 11) is 0. The number of carboxylic acids is 1. The summed E-state index contributed by atoms with van der Waals surface area (Å²) in [6, 6.07) is 11.7. The van der Waals surface area contributed by atoms with Crippen molar-refractivity contribution in [1.29, 1.82) is 0 Å². The first-order valence-corrected chi connectivity index (χ1v) is 14.7. The van der Waals surface area contributed by atoms with Gasteiger partial charge in [0.15, 0.2) is 0 Å². The predicted molar refractivity (Wildman–Crippen MR) is 163 cm³/mol. The number of H-pyrrole nitrogens is 2. The number of carboxylic acid groups (broad SMARTS) is 1. The van der Waals surface area contributed by atoms with E-state index in [0.29, 0.717) is 6.42 Å². The van der Waals surface area contributed by atoms with Gasteiger partial charge in [-0.15, -0.1) is 0 Å². The molecule has 7 N–H and O–H groups in total. The predicted octanol–water partition coefficient (Wildman–Crippen LogP) is 2.38. The molecule has 1 aliphatic rings. The zero-order valence-electron chi connectivity index (χ0n) is 24.3. The number of hydrogen-bond donors (Lipinski definition) is 7. The van der Waals surface area contributed by atoms with Gasteiger partial charge in [-0.1, -0.05) is 50.2 Å². The van der Waals surface area contributed by atoms with Gasteiger partial charge in [-0.3, -0.25) is 14.4 Å². The Labute approximate surface area is 249 Å². The molecule has 0 radical (unpaired) electrons. The Kier molecular flexibility index (Phi) is 9.10. The monoisotopic (exact) mass is 586 g/mol. The van der Waals surface area contributed by atoms with Gasteiger partial charge in [0.05, 0.1) is 6.04 Å². The van der Waals surface area contributed by atoms with Crippen LogP contribution >= 0.6 is 0 Å². The first kappa shape index (κ1) is 29.8. The zero-order chi connectivity index (χ0) is 30.5. The number of carbonyl (C=O) groups is 4. The van der Waals surface area contributed by atoms with E-state index in [9.17, 15) is 24.3 Å². The van der Waals surface area contributed by atoms with Gasteiger partial charge >= 0.3 is 5.97 Å². The van der Waals surface area contributed by atoms with Crippen molar-refractivity contribution in [2.24, 2.45) is 5.92 Å². The SMILES string of the molecule is CC(C)C(NC(=O)C(Cc1c[nH]c2ccccc12)NC(=O)C1CCCN1)C(=O)NC(Cc1c[nH]c2ccccc12)C(=O)O. The summed E-state index contributed by atoms with van der Waals surface area (Å²) in [4.78, 5) is 58.8. The van der Waals surface area contributed by atoms with Gasteiger partial charge in [0.1, 0.15) is 18.1 Å². The second-order valence-electron chi connectivity index (χ2n) is 11.5. The summed E-state index contributed by atoms with van der Waals surface area (Å²) in [6.07, 6.45) is 5.38. The lowest BCUT2D eigenvalue weighted by Crippen LogP contribution is -2.59. The highest BCUT2D eigenvalue weighted by molar-refractivity contribution is 5.95. The molecule has 4 atom stereocenters. The van der Waals surface area contributed by atoms with Gasteiger partial charge in [-0.2, -0.15) is 0 Å². The molecule has 3 heterocycles. The highest BCUT2D eigenvalue weighted by Gasteiger charge is 2.33. The fourth-order valence-corrected chi connectivity index (χ4v) is 5.68. The fourth-order valence-electron chi connectivity index (χ4n) is 5.68. The molecule has 0 aliphatic carbocycles. The largest absolute Gasteiger partial charge is 0.480 e. The van der Waals surface area contributed by atoms with Crippen LogP contribution in [0.5, 0.6) is 0 Å². The number of aromatic nitrogens is 2. The molecular weight excluding hydrogens is 548 g/mol. The highest BCUT2D eigenvalue weighted by atomic mass is 16.4. The van der Waals surface area contributed by atoms with Crippen LogP contribution < -0.4 is 21.3 Å². The molecule has 1 fully saturated rings. The van der Waals surface area contributed by atoms with Gasteiger partial charge in [-0.05, 0) is 48.6 Å². The Hall–Kier alpha value is -4.64. The Balaban J connectivity index is 1.32. The maximum atomic E-state index is 13.7. The molecule has 11 heteroatoms. The minimum Gasteiger partial charge on any atom is -0.480 e. The molecule has 4 unspecified atom stereocenters. The van der Waals surface area contributed by atoms with Crippen LogP contribution in [0.1, 0.15) is 37.8 Å². The third-order valence-electron chi connectivity index (χ3n) is 8.07. The van der Waals surface area contributed by atoms with Crippen molar-refractivity contribution < 1.29 is 24.3 Å². The van der Waals surface area contributed by atoms with E-state index in [1.165, 1.54) is 0 Å². The average Bonchev–Trinajstić information content (AvgIpc) is 3.76. The van der Waals surface area contributed by atoms with E-state index in [4.69, 9.17) is 0 Å². The molecular formula is C32H38N6O5. The highest BCUT2D eigenvalue weighted by Crippen LogP contribution is 2.21. The number of nitrogens with one attached hydrogen (secondary N) is 6. The lowest BCUT2D eigenvalue weighted by Gasteiger charge is -2.27. The number of fused-ring (bicyclic) bond motifs is 2. The van der Waals surface area contributed by atoms with E-state index in [2.05, 4.69) is 31.2 Å². The number of para-hydroxylation sites is 2. The molecule has 0 spiro atoms. The van der Waals surface area contributed by atoms with Crippen molar-refractivity contribution in [3.8, 4) is 0 Å². The molecule has 4 aromatic rings. The van der Waals surface area contributed by atoms with Crippen LogP contribution in [0.4, 0.5) is 0 Å². The fraction of sp³-hybridized carbons (Fsp3) is 0.375. The van der Waals surface area contributed by atoms with E-state index in [-0.39, 0.29) is 30.7 Å². The minimum atomic E-state index is -1.21. The van der Waals surface area contributed by atoms with Crippen molar-refractivity contribution in [3.05, 3.63) is 72.1 Å². The molecule has 0 bridgehead atoms. The van der Waals surface area contributed by atoms with Crippen LogP contribution in [0.15, 0.2) is 60.9 Å². The molecule has 0 saturated carbocycles. The Morgan fingerprint density at radius 3 is 1.93 bits per heavy atom. The smallest absolute Gasteiger partial charge is 0.326 e. The van der Waals surface area contributed by atoms with Gasteiger partial charge in [0.25, 0.3) is 0 Å². The number of rotatable bonds is 12. The normalized spacial score (nSPS) is 17.0. The lowest BCUT2D eigenvalue weighted by molar-refractivity contribution is -0.142. The summed E-state index contributed by atoms with van der Waals surface area (Å²) in [5, 5.41) is 23.3. The summed E-state index contributed by atoms with van der Waals surface area (Å²) in [5.41, 5.74) is 3.40. The molecule has 1 aliphatic heterocycles. The Morgan fingerprint density at radius 1 is 0.814 bits per heavy atom. The molecule has 3 amide bonds. The standard InChI is InChI=1S/C32H38N6O5/c1-18(2)28(31(41)37-27(32(42)43)15-20-17-35-24-11-6-4-9-22(20)24)38-30(40)26(36-29(39)25-12-7-13-33-25)14-19-16-34-23-10-5-3-8-21(19)23/h3-6,8-11,16-18,25-28,33-35H,7,12-15H2,1-2H3,(H,36,39)(H,37,41)(H,38,40)(H,42,43). The van der Waals surface area contributed by atoms with Crippen LogP contribution in [0.2, 0.25) is 0 Å². The van der Waals surface area contributed by atoms with E-state index in [0.717, 1.165) is 45.9 Å². The first-order chi connectivity index (χ1) is 20.7. The molecule has 226 valence electrons. The number of benzene rings is 2. The van der Waals surface area contributed by atoms with E-state index in [1.54, 1.807) is 20.0 Å². The van der Waals surface area contributed by atoms with Crippen LogP contribution in [0.25, 0.3) is 21.8 Å². The third kappa shape index (κ3) is 6.89. The number of aromatic amines is 2. The van der Waals surface area contributed by atoms with Crippen molar-refractivity contribution in [2.45, 2.75) is 63.7 Å². The van der Waals surface area contributed by atoms with Crippen molar-refractivity contribution in [2.75, 3.05) is 6.54 Å². The molecule has 11 nitrogen and oxygen atoms in total. The minimum absolute atomic E-state index is 0.0669. The maximum Gasteiger partial charge on any atom is 0.326 e. The summed E-state index contributed by atoms with van der Waals surface area (Å²) < 4.78 is 0. The molecule has 2 aromatic heterocycles. The Morgan fingerprint density at radius 2 is 1.40 bits per heavy atom. The number of amides is 3. The van der Waals surface area contributed by atoms with Gasteiger partial charge < -0.3 is 36.3 Å². The molecule has 5 rings (SSSR count). The topological polar surface area (TPSA) is 168 Å². The Bertz CT molecular complexity index is 1620. The van der Waals surface area contributed by atoms with Crippen LogP contribution in [0.3, 0.4) is 0 Å². The van der Waals surface area contributed by atoms with Gasteiger partial charge in [0.2, 0.25) is 17.7 Å². The van der Waals surface area contributed by atoms with Crippen LogP contribution in [-0.4, -0.2) is 69.5 Å². The van der Waals surface area contributed by atoms with Gasteiger partial charge in [-0.25, -0.2) is 4.79 Å². The van der Waals surface area contributed by atoms with E-state index >= 15 is 0 Å². The summed E-state index contributed by atoms with van der Waals surface area (Å²) in [6.45, 7) is 4.28. The second-order valence-corrected chi connectivity index (χ2v) is 11.5. The quantitative estimate of drug-likeness (QED) is 0.135.